The molecule has 2 aromatic heterocycles. The highest BCUT2D eigenvalue weighted by atomic mass is 79.9. The number of pyridine rings is 1. The van der Waals surface area contributed by atoms with Gasteiger partial charge in [0, 0.05) is 40.2 Å². The molecule has 0 saturated heterocycles. The molecule has 3 nitrogen and oxygen atoms in total. The van der Waals surface area contributed by atoms with Gasteiger partial charge >= 0.3 is 0 Å². The monoisotopic (exact) mass is 402 g/mol. The molecule has 1 aliphatic carbocycles. The number of hydrogen-bond acceptors (Lipinski definition) is 2. The number of fused-ring (bicyclic) bond motifs is 4. The van der Waals surface area contributed by atoms with E-state index in [2.05, 4.69) is 56.2 Å². The zero-order valence-corrected chi connectivity index (χ0v) is 15.5. The van der Waals surface area contributed by atoms with Crippen molar-refractivity contribution >= 4 is 32.7 Å². The molecule has 5 rings (SSSR count). The van der Waals surface area contributed by atoms with Gasteiger partial charge in [-0.15, -0.1) is 0 Å². The van der Waals surface area contributed by atoms with Crippen molar-refractivity contribution in [1.29, 1.82) is 0 Å². The molecule has 0 radical (unpaired) electrons. The van der Waals surface area contributed by atoms with Crippen LogP contribution in [0.5, 0.6) is 0 Å². The molecule has 0 amide bonds. The van der Waals surface area contributed by atoms with Crippen LogP contribution in [-0.4, -0.2) is 15.8 Å². The van der Waals surface area contributed by atoms with E-state index in [1.54, 1.807) is 6.20 Å². The van der Waals surface area contributed by atoms with Crippen LogP contribution in [0.3, 0.4) is 0 Å². The number of nitrogens with zero attached hydrogens (tertiary/aromatic N) is 1. The van der Waals surface area contributed by atoms with Crippen LogP contribution < -0.4 is 0 Å². The average Bonchev–Trinajstić information content (AvgIpc) is 3.26. The Morgan fingerprint density at radius 3 is 2.81 bits per heavy atom. The van der Waals surface area contributed by atoms with Crippen LogP contribution in [0.25, 0.3) is 22.2 Å². The first-order chi connectivity index (χ1) is 12.7. The molecule has 1 atom stereocenters. The zero-order chi connectivity index (χ0) is 17.7. The molecular formula is C22H15BrN2O. The molecule has 1 N–H and O–H groups in total. The molecule has 4 heteroatoms. The first kappa shape index (κ1) is 15.5. The number of ketones is 1. The second-order valence-electron chi connectivity index (χ2n) is 6.57. The third-order valence-corrected chi connectivity index (χ3v) is 5.84. The molecule has 0 bridgehead atoms. The Hall–Kier alpha value is -2.72. The lowest BCUT2D eigenvalue weighted by molar-refractivity contribution is 0.0979. The van der Waals surface area contributed by atoms with Crippen molar-refractivity contribution in [1.82, 2.24) is 9.97 Å². The fourth-order valence-electron chi connectivity index (χ4n) is 4.03. The second-order valence-corrected chi connectivity index (χ2v) is 7.42. The molecule has 126 valence electrons. The number of Topliss-reactive ketones (excluding diaryl/α,β-unsaturated/α-hetero) is 1. The highest BCUT2D eigenvalue weighted by Gasteiger charge is 2.31. The van der Waals surface area contributed by atoms with Gasteiger partial charge in [0.25, 0.3) is 0 Å². The highest BCUT2D eigenvalue weighted by Crippen LogP contribution is 2.49. The third kappa shape index (κ3) is 2.26. The first-order valence-electron chi connectivity index (χ1n) is 8.57. The zero-order valence-electron chi connectivity index (χ0n) is 13.9. The van der Waals surface area contributed by atoms with Crippen LogP contribution in [0.4, 0.5) is 0 Å². The maximum absolute atomic E-state index is 13.2. The van der Waals surface area contributed by atoms with Crippen molar-refractivity contribution in [3.05, 3.63) is 88.2 Å². The molecular weight excluding hydrogens is 388 g/mol. The predicted molar refractivity (Wildman–Crippen MR) is 106 cm³/mol. The Morgan fingerprint density at radius 1 is 1.04 bits per heavy atom. The summed E-state index contributed by atoms with van der Waals surface area (Å²) in [5, 5.41) is 0.887. The molecule has 0 spiro atoms. The van der Waals surface area contributed by atoms with Gasteiger partial charge in [0.05, 0.1) is 0 Å². The number of aromatic nitrogens is 2. The van der Waals surface area contributed by atoms with Gasteiger partial charge in [-0.25, -0.2) is 4.98 Å². The van der Waals surface area contributed by atoms with E-state index in [1.807, 2.05) is 30.5 Å². The van der Waals surface area contributed by atoms with Crippen LogP contribution in [0, 0.1) is 0 Å². The minimum absolute atomic E-state index is 0.0772. The summed E-state index contributed by atoms with van der Waals surface area (Å²) in [4.78, 5) is 20.5. The number of carbonyl (C=O) groups is 1. The number of hydrogen-bond donors (Lipinski definition) is 1. The van der Waals surface area contributed by atoms with E-state index in [9.17, 15) is 4.79 Å². The molecule has 2 aromatic carbocycles. The quantitative estimate of drug-likeness (QED) is 0.446. The smallest absolute Gasteiger partial charge is 0.164 e. The fraction of sp³-hybridized carbons (Fsp3) is 0.0909. The number of benzene rings is 2. The van der Waals surface area contributed by atoms with Gasteiger partial charge in [-0.05, 0) is 40.5 Å². The van der Waals surface area contributed by atoms with E-state index in [0.29, 0.717) is 6.42 Å². The Kier molecular flexibility index (Phi) is 3.54. The SMILES string of the molecule is O=C(CC1c2ccccc2-c2c(Br)cccc21)c1ccnc2[nH]ccc12. The van der Waals surface area contributed by atoms with Crippen LogP contribution in [-0.2, 0) is 0 Å². The van der Waals surface area contributed by atoms with Crippen LogP contribution in [0.1, 0.15) is 33.8 Å². The maximum atomic E-state index is 13.2. The maximum Gasteiger partial charge on any atom is 0.164 e. The molecule has 1 aliphatic rings. The summed E-state index contributed by atoms with van der Waals surface area (Å²) in [6, 6.07) is 18.4. The standard InChI is InChI=1S/C22H15BrN2O/c23-19-7-3-6-16-18(13-4-1-2-5-15(13)21(16)19)12-20(26)14-8-10-24-22-17(14)9-11-25-22/h1-11,18H,12H2,(H,24,25). The molecule has 0 saturated carbocycles. The minimum atomic E-state index is 0.0772. The highest BCUT2D eigenvalue weighted by molar-refractivity contribution is 9.10. The number of halogens is 1. The normalized spacial score (nSPS) is 15.0. The largest absolute Gasteiger partial charge is 0.346 e. The molecule has 0 aliphatic heterocycles. The number of H-pyrrole nitrogens is 1. The van der Waals surface area contributed by atoms with Crippen molar-refractivity contribution < 1.29 is 4.79 Å². The van der Waals surface area contributed by atoms with Gasteiger partial charge in [-0.2, -0.15) is 0 Å². The Labute approximate surface area is 159 Å². The molecule has 26 heavy (non-hydrogen) atoms. The minimum Gasteiger partial charge on any atom is -0.346 e. The molecule has 1 unspecified atom stereocenters. The van der Waals surface area contributed by atoms with Crippen LogP contribution in [0.15, 0.2) is 71.5 Å². The Balaban J connectivity index is 1.60. The number of nitrogens with one attached hydrogen (secondary N) is 1. The third-order valence-electron chi connectivity index (χ3n) is 5.18. The van der Waals surface area contributed by atoms with E-state index < -0.39 is 0 Å². The van der Waals surface area contributed by atoms with Gasteiger partial charge in [0.1, 0.15) is 5.65 Å². The molecule has 2 heterocycles. The van der Waals surface area contributed by atoms with Crippen molar-refractivity contribution in [2.75, 3.05) is 0 Å². The second kappa shape index (κ2) is 5.92. The lowest BCUT2D eigenvalue weighted by Gasteiger charge is -2.13. The van der Waals surface area contributed by atoms with Crippen molar-refractivity contribution in [3.63, 3.8) is 0 Å². The number of aromatic amines is 1. The van der Waals surface area contributed by atoms with Gasteiger partial charge in [0.15, 0.2) is 5.78 Å². The van der Waals surface area contributed by atoms with E-state index in [-0.39, 0.29) is 11.7 Å². The average molecular weight is 403 g/mol. The summed E-state index contributed by atoms with van der Waals surface area (Å²) in [6.45, 7) is 0. The lowest BCUT2D eigenvalue weighted by atomic mass is 9.89. The Bertz CT molecular complexity index is 1160. The summed E-state index contributed by atoms with van der Waals surface area (Å²) < 4.78 is 1.08. The van der Waals surface area contributed by atoms with E-state index >= 15 is 0 Å². The molecule has 0 fully saturated rings. The molecule has 4 aromatic rings. The van der Waals surface area contributed by atoms with Crippen LogP contribution >= 0.6 is 15.9 Å². The van der Waals surface area contributed by atoms with Gasteiger partial charge < -0.3 is 4.98 Å². The van der Waals surface area contributed by atoms with E-state index in [1.165, 1.54) is 22.3 Å². The number of rotatable bonds is 3. The topological polar surface area (TPSA) is 45.8 Å². The first-order valence-corrected chi connectivity index (χ1v) is 9.36. The van der Waals surface area contributed by atoms with E-state index in [4.69, 9.17) is 0 Å². The summed E-state index contributed by atoms with van der Waals surface area (Å²) in [5.41, 5.74) is 6.36. The van der Waals surface area contributed by atoms with Crippen LogP contribution in [0.2, 0.25) is 0 Å². The van der Waals surface area contributed by atoms with Crippen molar-refractivity contribution in [3.8, 4) is 11.1 Å². The van der Waals surface area contributed by atoms with Crippen molar-refractivity contribution in [2.24, 2.45) is 0 Å². The van der Waals surface area contributed by atoms with E-state index in [0.717, 1.165) is 21.1 Å². The van der Waals surface area contributed by atoms with Gasteiger partial charge in [0.2, 0.25) is 0 Å². The predicted octanol–water partition coefficient (Wildman–Crippen LogP) is 5.71. The van der Waals surface area contributed by atoms with Crippen molar-refractivity contribution in [2.45, 2.75) is 12.3 Å². The lowest BCUT2D eigenvalue weighted by Crippen LogP contribution is -2.07. The Morgan fingerprint density at radius 2 is 1.88 bits per heavy atom. The van der Waals surface area contributed by atoms with Gasteiger partial charge in [-0.3, -0.25) is 4.79 Å². The summed E-state index contributed by atoms with van der Waals surface area (Å²) in [7, 11) is 0. The summed E-state index contributed by atoms with van der Waals surface area (Å²) in [5.74, 6) is 0.220. The summed E-state index contributed by atoms with van der Waals surface area (Å²) in [6.07, 6.45) is 3.97. The number of carbonyl (C=O) groups excluding carboxylic acids is 1. The fourth-order valence-corrected chi connectivity index (χ4v) is 4.63. The van der Waals surface area contributed by atoms with Gasteiger partial charge in [-0.1, -0.05) is 52.3 Å². The summed E-state index contributed by atoms with van der Waals surface area (Å²) >= 11 is 3.69.